The minimum Gasteiger partial charge on any atom is -0.504 e. The Morgan fingerprint density at radius 2 is 2.06 bits per heavy atom. The third-order valence-corrected chi connectivity index (χ3v) is 12.8. The first kappa shape index (κ1) is 35.2. The molecule has 9 nitrogen and oxygen atoms in total. The second-order valence-electron chi connectivity index (χ2n) is 13.8. The summed E-state index contributed by atoms with van der Waals surface area (Å²) in [5.74, 6) is 8.29. The predicted octanol–water partition coefficient (Wildman–Crippen LogP) is 5.69. The Morgan fingerprint density at radius 1 is 1.20 bits per heavy atom. The van der Waals surface area contributed by atoms with Gasteiger partial charge in [-0.05, 0) is 52.3 Å². The van der Waals surface area contributed by atoms with Gasteiger partial charge in [0.05, 0.1) is 30.9 Å². The summed E-state index contributed by atoms with van der Waals surface area (Å²) in [6.07, 6.45) is 7.10. The van der Waals surface area contributed by atoms with E-state index in [1.807, 2.05) is 24.4 Å². The lowest BCUT2D eigenvalue weighted by Gasteiger charge is -2.34. The highest BCUT2D eigenvalue weighted by Gasteiger charge is 2.35. The van der Waals surface area contributed by atoms with Crippen LogP contribution in [0.5, 0.6) is 11.5 Å². The van der Waals surface area contributed by atoms with Gasteiger partial charge in [0.2, 0.25) is 0 Å². The number of aryl methyl sites for hydroxylation is 1. The fraction of sp³-hybridized carbons (Fsp3) is 0.487. The van der Waals surface area contributed by atoms with E-state index in [0.717, 1.165) is 69.7 Å². The maximum atomic E-state index is 13.0. The van der Waals surface area contributed by atoms with Crippen molar-refractivity contribution in [3.05, 3.63) is 81.2 Å². The normalized spacial score (nSPS) is 24.4. The van der Waals surface area contributed by atoms with Gasteiger partial charge in [-0.2, -0.15) is 0 Å². The Labute approximate surface area is 302 Å². The van der Waals surface area contributed by atoms with Crippen LogP contribution >= 0.6 is 21.6 Å². The molecule has 0 saturated carbocycles. The molecule has 6 aliphatic rings. The van der Waals surface area contributed by atoms with Crippen LogP contribution in [-0.2, 0) is 23.4 Å². The number of phenolic OH excluding ortho intramolecular Hbond substituents is 1. The first-order valence-electron chi connectivity index (χ1n) is 17.8. The number of aromatic hydroxyl groups is 1. The molecule has 0 amide bonds. The highest BCUT2D eigenvalue weighted by Crippen LogP contribution is 2.44. The number of aliphatic imine (C=N–C) groups is 1. The number of hydrogen-bond acceptors (Lipinski definition) is 11. The molecule has 8 rings (SSSR count). The summed E-state index contributed by atoms with van der Waals surface area (Å²) < 4.78 is 6.75. The van der Waals surface area contributed by atoms with E-state index in [2.05, 4.69) is 35.2 Å². The van der Waals surface area contributed by atoms with Crippen molar-refractivity contribution in [1.82, 2.24) is 10.2 Å². The van der Waals surface area contributed by atoms with Crippen molar-refractivity contribution in [3.63, 3.8) is 0 Å². The number of aliphatic hydroxyl groups excluding tert-OH is 2. The molecule has 0 fully saturated rings. The van der Waals surface area contributed by atoms with Crippen LogP contribution in [0.15, 0.2) is 52.8 Å². The molecule has 5 atom stereocenters. The molecule has 0 spiro atoms. The number of aliphatic hydroxyl groups is 2. The average molecular weight is 715 g/mol. The SMILES string of the molecule is CCCCC[C@@H](O)CC(=O)CCc1ccc(O)c2c1CSSC[C@@H]1CN[C@@H](N)c3ccc4c(c31)CC1=CN=C3CN(C=C13)[C@H](CC#C[C@@H]4O)O2. The molecule has 0 saturated heterocycles. The number of carbonyl (C=O) groups excluding carboxylic acids is 1. The van der Waals surface area contributed by atoms with Crippen molar-refractivity contribution >= 4 is 33.1 Å². The predicted molar refractivity (Wildman–Crippen MR) is 200 cm³/mol. The van der Waals surface area contributed by atoms with Crippen molar-refractivity contribution in [3.8, 4) is 23.3 Å². The molecule has 0 radical (unpaired) electrons. The monoisotopic (exact) mass is 714 g/mol. The standard InChI is InChI=1S/C39H46N4O5S2/c1-2-3-4-6-26(44)16-27(45)11-9-23-10-14-35(47)38-32(23)22-50-49-21-25-18-42-39(40)29-13-12-28-30(37(25)29)15-24-17-41-33-20-43(19-31(24)33)36(48-38)8-5-7-34(28)46/h10,12-14,17,19,25-26,34,36,39,42,44,46-47H,2-4,6,8-9,11,15-16,18,20-22,40H2,1H3/t25-,26+,34-,36-,39+/m0/s1. The number of benzene rings is 2. The molecule has 6 N–H and O–H groups in total. The molecule has 0 aromatic heterocycles. The second kappa shape index (κ2) is 15.6. The smallest absolute Gasteiger partial charge is 0.183 e. The van der Waals surface area contributed by atoms with E-state index in [0.29, 0.717) is 50.3 Å². The first-order valence-corrected chi connectivity index (χ1v) is 20.3. The van der Waals surface area contributed by atoms with E-state index < -0.39 is 18.4 Å². The van der Waals surface area contributed by atoms with Crippen LogP contribution in [0.3, 0.4) is 0 Å². The second-order valence-corrected chi connectivity index (χ2v) is 16.3. The Bertz CT molecular complexity index is 1800. The van der Waals surface area contributed by atoms with Crippen LogP contribution < -0.4 is 15.8 Å². The van der Waals surface area contributed by atoms with Gasteiger partial charge < -0.3 is 30.7 Å². The number of nitrogens with one attached hydrogen (secondary N) is 1. The Hall–Kier alpha value is -3.24. The Balaban J connectivity index is 1.26. The highest BCUT2D eigenvalue weighted by molar-refractivity contribution is 8.76. The zero-order valence-electron chi connectivity index (χ0n) is 28.5. The zero-order valence-corrected chi connectivity index (χ0v) is 30.1. The number of nitrogens with zero attached hydrogens (tertiary/aromatic N) is 2. The molecule has 6 aliphatic heterocycles. The summed E-state index contributed by atoms with van der Waals surface area (Å²) in [5, 5.41) is 36.8. The van der Waals surface area contributed by atoms with Crippen molar-refractivity contribution in [2.75, 3.05) is 18.8 Å². The molecule has 6 heterocycles. The van der Waals surface area contributed by atoms with Gasteiger partial charge in [-0.3, -0.25) is 15.1 Å². The third kappa shape index (κ3) is 7.38. The molecular weight excluding hydrogens is 669 g/mol. The molecule has 264 valence electrons. The zero-order chi connectivity index (χ0) is 34.8. The lowest BCUT2D eigenvalue weighted by atomic mass is 9.80. The number of unbranched alkanes of at least 4 members (excludes halogenated alkanes) is 2. The van der Waals surface area contributed by atoms with E-state index in [1.165, 1.54) is 5.56 Å². The van der Waals surface area contributed by atoms with Gasteiger partial charge in [-0.15, -0.1) is 0 Å². The fourth-order valence-corrected chi connectivity index (χ4v) is 10.1. The molecule has 50 heavy (non-hydrogen) atoms. The highest BCUT2D eigenvalue weighted by atomic mass is 33.1. The lowest BCUT2D eigenvalue weighted by molar-refractivity contribution is -0.121. The molecule has 2 aromatic rings. The van der Waals surface area contributed by atoms with E-state index in [4.69, 9.17) is 15.5 Å². The molecule has 2 aromatic carbocycles. The minimum absolute atomic E-state index is 0.0323. The number of allylic oxidation sites excluding steroid dienone is 1. The number of ether oxygens (including phenoxy) is 1. The minimum atomic E-state index is -0.990. The maximum Gasteiger partial charge on any atom is 0.183 e. The van der Waals surface area contributed by atoms with E-state index in [-0.39, 0.29) is 36.5 Å². The van der Waals surface area contributed by atoms with Crippen LogP contribution in [0.1, 0.15) is 103 Å². The number of ketones is 1. The molecule has 0 aliphatic carbocycles. The number of phenols is 1. The Kier molecular flexibility index (Phi) is 10.9. The molecule has 6 bridgehead atoms. The number of Topliss-reactive ketones (excluding diaryl/α,β-unsaturated/α-hetero) is 1. The summed E-state index contributed by atoms with van der Waals surface area (Å²) in [5.41, 5.74) is 15.7. The van der Waals surface area contributed by atoms with Gasteiger partial charge in [0, 0.05) is 66.8 Å². The van der Waals surface area contributed by atoms with Crippen LogP contribution in [0.4, 0.5) is 0 Å². The largest absolute Gasteiger partial charge is 0.504 e. The van der Waals surface area contributed by atoms with Gasteiger partial charge >= 0.3 is 0 Å². The quantitative estimate of drug-likeness (QED) is 0.125. The molecule has 11 heteroatoms. The number of carbonyl (C=O) groups is 1. The molecule has 0 unspecified atom stereocenters. The third-order valence-electron chi connectivity index (χ3n) is 10.4. The number of hydrogen-bond donors (Lipinski definition) is 5. The van der Waals surface area contributed by atoms with Gasteiger partial charge in [0.1, 0.15) is 11.9 Å². The van der Waals surface area contributed by atoms with E-state index in [9.17, 15) is 20.1 Å². The van der Waals surface area contributed by atoms with Crippen molar-refractivity contribution in [1.29, 1.82) is 0 Å². The number of fused-ring (bicyclic) bond motifs is 5. The van der Waals surface area contributed by atoms with E-state index in [1.54, 1.807) is 27.7 Å². The number of nitrogens with two attached hydrogens (primary N) is 1. The van der Waals surface area contributed by atoms with Crippen LogP contribution in [0.25, 0.3) is 0 Å². The fourth-order valence-electron chi connectivity index (χ4n) is 7.66. The van der Waals surface area contributed by atoms with Gasteiger partial charge in [-0.1, -0.05) is 77.8 Å². The van der Waals surface area contributed by atoms with Gasteiger partial charge in [-0.25, -0.2) is 0 Å². The summed E-state index contributed by atoms with van der Waals surface area (Å²) in [4.78, 5) is 19.9. The van der Waals surface area contributed by atoms with Crippen molar-refractivity contribution in [2.45, 2.75) is 101 Å². The summed E-state index contributed by atoms with van der Waals surface area (Å²) >= 11 is 0. The van der Waals surface area contributed by atoms with E-state index >= 15 is 0 Å². The van der Waals surface area contributed by atoms with Crippen molar-refractivity contribution < 1.29 is 24.9 Å². The number of rotatable bonds is 9. The Morgan fingerprint density at radius 3 is 2.92 bits per heavy atom. The maximum absolute atomic E-state index is 13.0. The summed E-state index contributed by atoms with van der Waals surface area (Å²) in [6, 6.07) is 7.55. The first-order chi connectivity index (χ1) is 24.3. The average Bonchev–Trinajstić information content (AvgIpc) is 3.68. The van der Waals surface area contributed by atoms with Crippen LogP contribution in [0, 0.1) is 11.8 Å². The lowest BCUT2D eigenvalue weighted by Crippen LogP contribution is -2.39. The summed E-state index contributed by atoms with van der Waals surface area (Å²) in [7, 11) is 3.47. The van der Waals surface area contributed by atoms with Crippen LogP contribution in [-0.4, -0.2) is 62.9 Å². The van der Waals surface area contributed by atoms with Crippen LogP contribution in [0.2, 0.25) is 0 Å². The topological polar surface area (TPSA) is 141 Å². The van der Waals surface area contributed by atoms with Gasteiger partial charge in [0.15, 0.2) is 17.7 Å². The van der Waals surface area contributed by atoms with Gasteiger partial charge in [0.25, 0.3) is 0 Å². The molecular formula is C39H46N4O5S2. The summed E-state index contributed by atoms with van der Waals surface area (Å²) in [6.45, 7) is 3.37. The van der Waals surface area contributed by atoms with Crippen molar-refractivity contribution in [2.24, 2.45) is 10.7 Å².